The second-order valence-electron chi connectivity index (χ2n) is 4.63. The van der Waals surface area contributed by atoms with Crippen LogP contribution >= 0.6 is 31.9 Å². The van der Waals surface area contributed by atoms with Crippen molar-refractivity contribution in [2.75, 3.05) is 13.1 Å². The molecule has 0 aliphatic rings. The lowest BCUT2D eigenvalue weighted by Gasteiger charge is -2.05. The van der Waals surface area contributed by atoms with E-state index < -0.39 is 0 Å². The molecule has 120 valence electrons. The molecule has 0 aromatic heterocycles. The molecule has 0 aliphatic heterocycles. The van der Waals surface area contributed by atoms with E-state index in [1.54, 1.807) is 30.3 Å². The maximum Gasteiger partial charge on any atom is 0.255 e. The highest BCUT2D eigenvalue weighted by Crippen LogP contribution is 2.30. The van der Waals surface area contributed by atoms with Crippen LogP contribution in [0.4, 0.5) is 0 Å². The number of carbonyl (C=O) groups is 1. The fraction of sp³-hybridized carbons (Fsp3) is 0.125. The Balaban J connectivity index is 1.88. The van der Waals surface area contributed by atoms with E-state index in [9.17, 15) is 15.0 Å². The van der Waals surface area contributed by atoms with Crippen molar-refractivity contribution >= 4 is 44.0 Å². The lowest BCUT2D eigenvalue weighted by molar-refractivity contribution is 0.0952. The number of nitrogens with one attached hydrogen (secondary N) is 1. The standard InChI is InChI=1S/C16H14Br2N2O3/c17-11-7-10(15(22)13(18)8-11)9-19-5-6-20-16(23)12-3-1-2-4-14(12)21/h1-4,7-9,21-22H,5-6H2,(H,20,23). The second kappa shape index (κ2) is 8.12. The minimum Gasteiger partial charge on any atom is -0.507 e. The van der Waals surface area contributed by atoms with Gasteiger partial charge in [-0.25, -0.2) is 0 Å². The molecule has 7 heteroatoms. The van der Waals surface area contributed by atoms with Gasteiger partial charge in [0.25, 0.3) is 5.91 Å². The third-order valence-electron chi connectivity index (χ3n) is 2.96. The van der Waals surface area contributed by atoms with Crippen LogP contribution in [-0.2, 0) is 0 Å². The molecule has 2 rings (SSSR count). The van der Waals surface area contributed by atoms with Crippen molar-refractivity contribution in [1.29, 1.82) is 0 Å². The van der Waals surface area contributed by atoms with Crippen molar-refractivity contribution < 1.29 is 15.0 Å². The molecule has 23 heavy (non-hydrogen) atoms. The van der Waals surface area contributed by atoms with E-state index >= 15 is 0 Å². The van der Waals surface area contributed by atoms with Crippen LogP contribution in [0, 0.1) is 0 Å². The molecule has 3 N–H and O–H groups in total. The fourth-order valence-corrected chi connectivity index (χ4v) is 3.10. The average Bonchev–Trinajstić information content (AvgIpc) is 2.51. The third kappa shape index (κ3) is 4.80. The highest BCUT2D eigenvalue weighted by atomic mass is 79.9. The summed E-state index contributed by atoms with van der Waals surface area (Å²) in [6.07, 6.45) is 1.54. The van der Waals surface area contributed by atoms with E-state index in [-0.39, 0.29) is 23.0 Å². The molecule has 0 saturated carbocycles. The number of aromatic hydroxyl groups is 2. The maximum absolute atomic E-state index is 11.9. The van der Waals surface area contributed by atoms with Gasteiger partial charge < -0.3 is 15.5 Å². The van der Waals surface area contributed by atoms with Crippen molar-refractivity contribution in [3.05, 3.63) is 56.5 Å². The van der Waals surface area contributed by atoms with E-state index in [1.807, 2.05) is 0 Å². The van der Waals surface area contributed by atoms with Gasteiger partial charge >= 0.3 is 0 Å². The molecule has 0 heterocycles. The highest BCUT2D eigenvalue weighted by molar-refractivity contribution is 9.11. The molecule has 0 unspecified atom stereocenters. The molecule has 0 atom stereocenters. The van der Waals surface area contributed by atoms with Crippen molar-refractivity contribution in [1.82, 2.24) is 5.32 Å². The van der Waals surface area contributed by atoms with Crippen LogP contribution in [0.1, 0.15) is 15.9 Å². The Morgan fingerprint density at radius 1 is 1.22 bits per heavy atom. The van der Waals surface area contributed by atoms with Crippen molar-refractivity contribution in [3.8, 4) is 11.5 Å². The number of benzene rings is 2. The molecule has 5 nitrogen and oxygen atoms in total. The van der Waals surface area contributed by atoms with Crippen LogP contribution in [0.25, 0.3) is 0 Å². The summed E-state index contributed by atoms with van der Waals surface area (Å²) in [4.78, 5) is 16.0. The monoisotopic (exact) mass is 440 g/mol. The molecular formula is C16H14Br2N2O3. The molecule has 0 spiro atoms. The average molecular weight is 442 g/mol. The minimum atomic E-state index is -0.355. The Kier molecular flexibility index (Phi) is 6.18. The second-order valence-corrected chi connectivity index (χ2v) is 6.40. The summed E-state index contributed by atoms with van der Waals surface area (Å²) in [5.74, 6) is -0.307. The minimum absolute atomic E-state index is 0.0580. The topological polar surface area (TPSA) is 81.9 Å². The zero-order valence-electron chi connectivity index (χ0n) is 12.0. The first-order chi connectivity index (χ1) is 11.0. The number of nitrogens with zero attached hydrogens (tertiary/aromatic N) is 1. The Morgan fingerprint density at radius 2 is 1.96 bits per heavy atom. The van der Waals surface area contributed by atoms with Crippen molar-refractivity contribution in [3.63, 3.8) is 0 Å². The van der Waals surface area contributed by atoms with Crippen molar-refractivity contribution in [2.24, 2.45) is 4.99 Å². The van der Waals surface area contributed by atoms with Gasteiger partial charge in [-0.05, 0) is 40.2 Å². The van der Waals surface area contributed by atoms with E-state index in [0.717, 1.165) is 4.47 Å². The van der Waals surface area contributed by atoms with E-state index in [1.165, 1.54) is 12.3 Å². The van der Waals surface area contributed by atoms with Gasteiger partial charge in [0.15, 0.2) is 0 Å². The number of rotatable bonds is 5. The largest absolute Gasteiger partial charge is 0.507 e. The zero-order chi connectivity index (χ0) is 16.8. The number of phenolic OH excluding ortho intramolecular Hbond substituents is 2. The first-order valence-electron chi connectivity index (χ1n) is 6.73. The molecule has 0 bridgehead atoms. The van der Waals surface area contributed by atoms with Gasteiger partial charge in [0.1, 0.15) is 11.5 Å². The predicted octanol–water partition coefficient (Wildman–Crippen LogP) is 3.47. The summed E-state index contributed by atoms with van der Waals surface area (Å²) in [5, 5.41) is 22.1. The SMILES string of the molecule is O=C(NCCN=Cc1cc(Br)cc(Br)c1O)c1ccccc1O. The molecule has 2 aromatic carbocycles. The molecule has 2 aromatic rings. The lowest BCUT2D eigenvalue weighted by Crippen LogP contribution is -2.26. The van der Waals surface area contributed by atoms with Gasteiger partial charge in [0, 0.05) is 22.8 Å². The van der Waals surface area contributed by atoms with Crippen LogP contribution in [-0.4, -0.2) is 35.4 Å². The number of halogens is 2. The summed E-state index contributed by atoms with van der Waals surface area (Å²) >= 11 is 6.59. The Bertz CT molecular complexity index is 748. The molecule has 0 saturated heterocycles. The van der Waals surface area contributed by atoms with Gasteiger partial charge in [-0.1, -0.05) is 28.1 Å². The summed E-state index contributed by atoms with van der Waals surface area (Å²) in [5.41, 5.74) is 0.795. The highest BCUT2D eigenvalue weighted by Gasteiger charge is 2.09. The number of para-hydroxylation sites is 1. The fourth-order valence-electron chi connectivity index (χ4n) is 1.84. The first kappa shape index (κ1) is 17.5. The summed E-state index contributed by atoms with van der Waals surface area (Å²) < 4.78 is 1.39. The Morgan fingerprint density at radius 3 is 2.70 bits per heavy atom. The maximum atomic E-state index is 11.9. The van der Waals surface area contributed by atoms with Crippen LogP contribution in [0.5, 0.6) is 11.5 Å². The Labute approximate surface area is 150 Å². The number of hydrogen-bond acceptors (Lipinski definition) is 4. The van der Waals surface area contributed by atoms with E-state index in [0.29, 0.717) is 23.1 Å². The quantitative estimate of drug-likeness (QED) is 0.490. The molecular weight excluding hydrogens is 428 g/mol. The number of aliphatic imine (C=N–C) groups is 1. The molecule has 1 amide bonds. The van der Waals surface area contributed by atoms with Crippen LogP contribution in [0.15, 0.2) is 50.3 Å². The predicted molar refractivity (Wildman–Crippen MR) is 96.4 cm³/mol. The third-order valence-corrected chi connectivity index (χ3v) is 4.03. The van der Waals surface area contributed by atoms with Crippen LogP contribution < -0.4 is 5.32 Å². The molecule has 0 aliphatic carbocycles. The smallest absolute Gasteiger partial charge is 0.255 e. The molecule has 0 fully saturated rings. The Hall–Kier alpha value is -1.86. The lowest BCUT2D eigenvalue weighted by atomic mass is 10.2. The number of carbonyl (C=O) groups excluding carboxylic acids is 1. The zero-order valence-corrected chi connectivity index (χ0v) is 15.1. The van der Waals surface area contributed by atoms with Gasteiger partial charge in [-0.2, -0.15) is 0 Å². The number of hydrogen-bond donors (Lipinski definition) is 3. The summed E-state index contributed by atoms with van der Waals surface area (Å²) in [6.45, 7) is 0.669. The first-order valence-corrected chi connectivity index (χ1v) is 8.31. The molecule has 0 radical (unpaired) electrons. The van der Waals surface area contributed by atoms with Crippen LogP contribution in [0.2, 0.25) is 0 Å². The van der Waals surface area contributed by atoms with Gasteiger partial charge in [-0.3, -0.25) is 9.79 Å². The number of phenols is 2. The summed E-state index contributed by atoms with van der Waals surface area (Å²) in [7, 11) is 0. The number of amides is 1. The van der Waals surface area contributed by atoms with Crippen molar-refractivity contribution in [2.45, 2.75) is 0 Å². The van der Waals surface area contributed by atoms with E-state index in [2.05, 4.69) is 42.2 Å². The summed E-state index contributed by atoms with van der Waals surface area (Å²) in [6, 6.07) is 9.81. The van der Waals surface area contributed by atoms with Gasteiger partial charge in [0.2, 0.25) is 0 Å². The van der Waals surface area contributed by atoms with Crippen LogP contribution in [0.3, 0.4) is 0 Å². The van der Waals surface area contributed by atoms with Gasteiger partial charge in [0.05, 0.1) is 16.6 Å². The van der Waals surface area contributed by atoms with E-state index in [4.69, 9.17) is 0 Å². The van der Waals surface area contributed by atoms with Gasteiger partial charge in [-0.15, -0.1) is 0 Å². The normalized spacial score (nSPS) is 10.9.